The summed E-state index contributed by atoms with van der Waals surface area (Å²) in [6.45, 7) is 0. The van der Waals surface area contributed by atoms with Gasteiger partial charge in [0.2, 0.25) is 0 Å². The Kier molecular flexibility index (Phi) is 4.30. The van der Waals surface area contributed by atoms with Gasteiger partial charge in [-0.25, -0.2) is 0 Å². The average molecular weight is 317 g/mol. The molecule has 1 aromatic carbocycles. The van der Waals surface area contributed by atoms with Crippen LogP contribution in [0.3, 0.4) is 0 Å². The maximum atomic E-state index is 12.1. The number of halogens is 6. The molecule has 0 fully saturated rings. The summed E-state index contributed by atoms with van der Waals surface area (Å²) in [4.78, 5) is -0.545. The molecule has 1 rings (SSSR count). The summed E-state index contributed by atoms with van der Waals surface area (Å²) in [5.74, 6) is 0.542. The van der Waals surface area contributed by atoms with E-state index in [9.17, 15) is 34.8 Å². The smallest absolute Gasteiger partial charge is 0.199 e. The Morgan fingerprint density at radius 3 is 1.80 bits per heavy atom. The van der Waals surface area contributed by atoms with Crippen LogP contribution >= 0.6 is 0 Å². The minimum Gasteiger partial charge on any atom is -0.199 e. The summed E-state index contributed by atoms with van der Waals surface area (Å²) in [6, 6.07) is 5.83. The number of hydrogen-bond acceptors (Lipinski definition) is 2. The third kappa shape index (κ3) is 4.10. The lowest BCUT2D eigenvalue weighted by molar-refractivity contribution is -0.169. The summed E-state index contributed by atoms with van der Waals surface area (Å²) < 4.78 is 97.8. The summed E-state index contributed by atoms with van der Waals surface area (Å²) in [6.07, 6.45) is -11.6. The monoisotopic (exact) mass is 317 g/mol. The highest BCUT2D eigenvalue weighted by Gasteiger charge is 2.52. The maximum absolute atomic E-state index is 12.1. The maximum Gasteiger partial charge on any atom is 0.430 e. The molecular weight excluding hydrogens is 312 g/mol. The minimum absolute atomic E-state index is 0.542. The highest BCUT2D eigenvalue weighted by atomic mass is 32.2. The van der Waals surface area contributed by atoms with Gasteiger partial charge in [-0.05, 0) is 12.1 Å². The van der Waals surface area contributed by atoms with Gasteiger partial charge in [0.1, 0.15) is 0 Å². The van der Waals surface area contributed by atoms with Crippen molar-refractivity contribution in [3.63, 3.8) is 0 Å². The van der Waals surface area contributed by atoms with E-state index in [1.165, 1.54) is 18.2 Å². The Bertz CT molecular complexity index is 623. The molecule has 0 aliphatic carbocycles. The Labute approximate surface area is 109 Å². The average Bonchev–Trinajstić information content (AvgIpc) is 2.26. The zero-order chi connectivity index (χ0) is 15.6. The van der Waals surface area contributed by atoms with Gasteiger partial charge in [0, 0.05) is 5.87 Å². The van der Waals surface area contributed by atoms with E-state index in [1.807, 2.05) is 0 Å². The molecule has 0 amide bonds. The highest BCUT2D eigenvalue weighted by Crippen LogP contribution is 2.36. The van der Waals surface area contributed by atoms with Gasteiger partial charge in [0.15, 0.2) is 5.57 Å². The van der Waals surface area contributed by atoms with E-state index >= 15 is 0 Å². The summed E-state index contributed by atoms with van der Waals surface area (Å²) >= 11 is 0. The molecule has 0 radical (unpaired) electrons. The lowest BCUT2D eigenvalue weighted by atomic mass is 10.3. The topological polar surface area (TPSA) is 46.5 Å². The number of alkyl halides is 6. The fourth-order valence-corrected chi connectivity index (χ4v) is 1.86. The molecule has 0 heterocycles. The van der Waals surface area contributed by atoms with Crippen molar-refractivity contribution >= 4 is 15.9 Å². The lowest BCUT2D eigenvalue weighted by Gasteiger charge is -2.11. The van der Waals surface area contributed by atoms with Crippen molar-refractivity contribution in [1.29, 1.82) is 0 Å². The quantitative estimate of drug-likeness (QED) is 0.621. The van der Waals surface area contributed by atoms with Crippen LogP contribution in [0.1, 0.15) is 0 Å². The van der Waals surface area contributed by atoms with Gasteiger partial charge < -0.3 is 0 Å². The van der Waals surface area contributed by atoms with Gasteiger partial charge in [-0.3, -0.25) is 0 Å². The minimum atomic E-state index is -5.81. The van der Waals surface area contributed by atoms with E-state index in [1.54, 1.807) is 0 Å². The molecule has 0 atom stereocenters. The standard InChI is InChI=1S/C10H5F6NO2S/c11-9(12,13)8(10(14,15)16)6-17-20(18,19)7-4-2-1-3-5-7/h1-5H. The normalized spacial score (nSPS) is 12.7. The van der Waals surface area contributed by atoms with Crippen molar-refractivity contribution in [3.8, 4) is 0 Å². The first-order valence-corrected chi connectivity index (χ1v) is 6.18. The van der Waals surface area contributed by atoms with E-state index < -0.39 is 32.8 Å². The number of allylic oxidation sites excluding steroid dienone is 1. The molecule has 110 valence electrons. The van der Waals surface area contributed by atoms with E-state index in [4.69, 9.17) is 0 Å². The molecule has 3 nitrogen and oxygen atoms in total. The van der Waals surface area contributed by atoms with Crippen LogP contribution in [0, 0.1) is 0 Å². The summed E-state index contributed by atoms with van der Waals surface area (Å²) in [7, 11) is -4.68. The van der Waals surface area contributed by atoms with E-state index in [0.29, 0.717) is 5.87 Å². The molecule has 0 aliphatic rings. The second kappa shape index (κ2) is 5.29. The van der Waals surface area contributed by atoms with Gasteiger partial charge in [-0.2, -0.15) is 34.8 Å². The number of nitrogens with zero attached hydrogens (tertiary/aromatic N) is 1. The molecule has 0 aliphatic heterocycles. The largest absolute Gasteiger partial charge is 0.430 e. The van der Waals surface area contributed by atoms with Crippen LogP contribution in [0.4, 0.5) is 26.3 Å². The predicted molar refractivity (Wildman–Crippen MR) is 56.7 cm³/mol. The Balaban J connectivity index is 3.39. The Hall–Kier alpha value is -1.80. The van der Waals surface area contributed by atoms with Crippen LogP contribution in [-0.4, -0.2) is 26.6 Å². The number of benzene rings is 1. The molecule has 0 saturated heterocycles. The third-order valence-corrected chi connectivity index (χ3v) is 3.09. The first kappa shape index (κ1) is 16.3. The van der Waals surface area contributed by atoms with Crippen molar-refractivity contribution in [2.24, 2.45) is 4.40 Å². The molecule has 0 saturated carbocycles. The highest BCUT2D eigenvalue weighted by molar-refractivity contribution is 7.90. The first-order valence-electron chi connectivity index (χ1n) is 4.74. The zero-order valence-electron chi connectivity index (χ0n) is 9.33. The van der Waals surface area contributed by atoms with E-state index in [2.05, 4.69) is 4.40 Å². The molecule has 1 aromatic rings. The third-order valence-electron chi connectivity index (χ3n) is 1.89. The molecule has 0 unspecified atom stereocenters. The van der Waals surface area contributed by atoms with Crippen molar-refractivity contribution in [3.05, 3.63) is 35.9 Å². The van der Waals surface area contributed by atoms with Gasteiger partial charge >= 0.3 is 12.4 Å². The Morgan fingerprint density at radius 1 is 0.950 bits per heavy atom. The second-order valence-electron chi connectivity index (χ2n) is 3.36. The van der Waals surface area contributed by atoms with Crippen LogP contribution < -0.4 is 0 Å². The number of rotatable bonds is 2. The molecule has 0 aromatic heterocycles. The SMILES string of the molecule is O=S(=O)(N=C=C(C(F)(F)F)C(F)(F)F)c1ccccc1. The van der Waals surface area contributed by atoms with Crippen molar-refractivity contribution in [1.82, 2.24) is 0 Å². The van der Waals surface area contributed by atoms with E-state index in [-0.39, 0.29) is 0 Å². The fourth-order valence-electron chi connectivity index (χ4n) is 1.04. The molecule has 0 spiro atoms. The van der Waals surface area contributed by atoms with Gasteiger partial charge in [0.05, 0.1) is 4.90 Å². The first-order chi connectivity index (χ1) is 8.94. The van der Waals surface area contributed by atoms with Crippen LogP contribution in [-0.2, 0) is 10.0 Å². The van der Waals surface area contributed by atoms with Crippen molar-refractivity contribution in [2.45, 2.75) is 17.2 Å². The van der Waals surface area contributed by atoms with Crippen molar-refractivity contribution in [2.75, 3.05) is 0 Å². The van der Waals surface area contributed by atoms with Crippen LogP contribution in [0.2, 0.25) is 0 Å². The molecule has 10 heteroatoms. The van der Waals surface area contributed by atoms with Crippen LogP contribution in [0.15, 0.2) is 45.2 Å². The van der Waals surface area contributed by atoms with Gasteiger partial charge in [0.25, 0.3) is 10.0 Å². The number of sulfonamides is 1. The number of hydrogen-bond donors (Lipinski definition) is 0. The lowest BCUT2D eigenvalue weighted by Crippen LogP contribution is -2.26. The summed E-state index contributed by atoms with van der Waals surface area (Å²) in [5, 5.41) is 0. The van der Waals surface area contributed by atoms with Gasteiger partial charge in [-0.15, -0.1) is 4.40 Å². The summed E-state index contributed by atoms with van der Waals surface area (Å²) in [5.41, 5.74) is -3.12. The molecule has 20 heavy (non-hydrogen) atoms. The molecule has 0 bridgehead atoms. The molecule has 0 N–H and O–H groups in total. The van der Waals surface area contributed by atoms with Crippen molar-refractivity contribution < 1.29 is 34.8 Å². The Morgan fingerprint density at radius 2 is 1.40 bits per heavy atom. The van der Waals surface area contributed by atoms with E-state index in [0.717, 1.165) is 12.1 Å². The zero-order valence-corrected chi connectivity index (χ0v) is 10.1. The van der Waals surface area contributed by atoms with Crippen LogP contribution in [0.5, 0.6) is 0 Å². The molecular formula is C10H5F6NO2S. The van der Waals surface area contributed by atoms with Crippen LogP contribution in [0.25, 0.3) is 0 Å². The predicted octanol–water partition coefficient (Wildman–Crippen LogP) is 3.10. The fraction of sp³-hybridized carbons (Fsp3) is 0.200. The van der Waals surface area contributed by atoms with Gasteiger partial charge in [-0.1, -0.05) is 18.2 Å². The second-order valence-corrected chi connectivity index (χ2v) is 4.97.